The Hall–Kier alpha value is -1.94. The molecule has 0 aliphatic rings. The average molecular weight is 1280 g/mol. The lowest BCUT2D eigenvalue weighted by molar-refractivity contribution is -0.161. The van der Waals surface area contributed by atoms with Crippen molar-refractivity contribution in [3.05, 3.63) is 0 Å². The quantitative estimate of drug-likeness (QED) is 0.0222. The Labute approximate surface area is 530 Å². The lowest BCUT2D eigenvalue weighted by Crippen LogP contribution is -2.30. The number of carbonyl (C=O) groups is 4. The summed E-state index contributed by atoms with van der Waals surface area (Å²) >= 11 is 0. The minimum absolute atomic E-state index is 0.101. The van der Waals surface area contributed by atoms with Gasteiger partial charge >= 0.3 is 39.5 Å². The van der Waals surface area contributed by atoms with Crippen molar-refractivity contribution in [2.45, 2.75) is 356 Å². The molecule has 0 aromatic rings. The van der Waals surface area contributed by atoms with Gasteiger partial charge in [-0.15, -0.1) is 0 Å². The summed E-state index contributed by atoms with van der Waals surface area (Å²) in [5.41, 5.74) is 0. The van der Waals surface area contributed by atoms with Gasteiger partial charge in [0, 0.05) is 25.7 Å². The van der Waals surface area contributed by atoms with Crippen LogP contribution in [0.5, 0.6) is 0 Å². The number of aliphatic hydroxyl groups excluding tert-OH is 1. The molecule has 0 aliphatic heterocycles. The monoisotopic (exact) mass is 1280 g/mol. The van der Waals surface area contributed by atoms with Crippen molar-refractivity contribution < 1.29 is 80.2 Å². The fraction of sp³-hybridized carbons (Fsp3) is 0.941. The molecular weight excluding hydrogens is 1150 g/mol. The van der Waals surface area contributed by atoms with Crippen LogP contribution in [0.1, 0.15) is 337 Å². The second-order valence-corrected chi connectivity index (χ2v) is 28.9. The maximum Gasteiger partial charge on any atom is 0.472 e. The molecule has 5 atom stereocenters. The summed E-state index contributed by atoms with van der Waals surface area (Å²) in [5.74, 6) is -0.00897. The van der Waals surface area contributed by atoms with Crippen molar-refractivity contribution in [2.75, 3.05) is 39.6 Å². The first kappa shape index (κ1) is 85.1. The van der Waals surface area contributed by atoms with Gasteiger partial charge in [-0.1, -0.05) is 286 Å². The topological polar surface area (TPSA) is 237 Å². The largest absolute Gasteiger partial charge is 0.472 e. The van der Waals surface area contributed by atoms with Crippen molar-refractivity contribution in [3.8, 4) is 0 Å². The maximum absolute atomic E-state index is 13.0. The summed E-state index contributed by atoms with van der Waals surface area (Å²) in [6.07, 6.45) is 42.0. The lowest BCUT2D eigenvalue weighted by Gasteiger charge is -2.21. The van der Waals surface area contributed by atoms with Crippen molar-refractivity contribution in [2.24, 2.45) is 17.8 Å². The third-order valence-corrected chi connectivity index (χ3v) is 17.5. The van der Waals surface area contributed by atoms with Crippen LogP contribution < -0.4 is 0 Å². The SMILES string of the molecule is CCCCCCCCCCCCCCCCC(=O)OC[C@H](COP(=O)(O)OC[C@@H](O)COP(=O)(O)OC[C@@H](COC(=O)CCCCCCCCC(C)C)OC(=O)CCCCCCCCC(C)C)OC(=O)CCCCCCCCCCCCCCC(C)C. The number of aliphatic hydroxyl groups is 1. The molecule has 0 saturated carbocycles. The molecule has 0 spiro atoms. The van der Waals surface area contributed by atoms with Gasteiger partial charge in [0.05, 0.1) is 26.4 Å². The number of esters is 4. The van der Waals surface area contributed by atoms with Gasteiger partial charge in [-0.2, -0.15) is 0 Å². The van der Waals surface area contributed by atoms with E-state index in [1.807, 2.05) is 0 Å². The lowest BCUT2D eigenvalue weighted by atomic mass is 10.0. The first-order valence-electron chi connectivity index (χ1n) is 35.3. The second-order valence-electron chi connectivity index (χ2n) is 26.0. The number of unbranched alkanes of at least 4 members (excludes halogenated alkanes) is 34. The van der Waals surface area contributed by atoms with E-state index in [1.165, 1.54) is 141 Å². The van der Waals surface area contributed by atoms with E-state index in [2.05, 4.69) is 48.5 Å². The summed E-state index contributed by atoms with van der Waals surface area (Å²) in [5, 5.41) is 10.6. The summed E-state index contributed by atoms with van der Waals surface area (Å²) in [4.78, 5) is 72.4. The van der Waals surface area contributed by atoms with Crippen LogP contribution in [0.2, 0.25) is 0 Å². The smallest absolute Gasteiger partial charge is 0.462 e. The first-order valence-corrected chi connectivity index (χ1v) is 38.3. The number of ether oxygens (including phenoxy) is 4. The normalized spacial score (nSPS) is 14.3. The van der Waals surface area contributed by atoms with Gasteiger partial charge in [0.15, 0.2) is 12.2 Å². The Balaban J connectivity index is 5.23. The molecule has 0 aliphatic carbocycles. The van der Waals surface area contributed by atoms with Crippen LogP contribution in [-0.4, -0.2) is 96.7 Å². The molecule has 0 aromatic carbocycles. The molecule has 0 saturated heterocycles. The molecule has 0 bridgehead atoms. The fourth-order valence-electron chi connectivity index (χ4n) is 10.2. The molecule has 0 aromatic heterocycles. The van der Waals surface area contributed by atoms with Gasteiger partial charge in [-0.25, -0.2) is 9.13 Å². The van der Waals surface area contributed by atoms with Gasteiger partial charge in [0.1, 0.15) is 19.3 Å². The van der Waals surface area contributed by atoms with Gasteiger partial charge in [0.2, 0.25) is 0 Å². The Kier molecular flexibility index (Phi) is 57.8. The number of carbonyl (C=O) groups excluding carboxylic acids is 4. The number of phosphoric acid groups is 2. The van der Waals surface area contributed by atoms with Crippen molar-refractivity contribution in [1.29, 1.82) is 0 Å². The van der Waals surface area contributed by atoms with Crippen LogP contribution >= 0.6 is 15.6 Å². The number of hydrogen-bond donors (Lipinski definition) is 3. The maximum atomic E-state index is 13.0. The van der Waals surface area contributed by atoms with E-state index in [0.29, 0.717) is 37.5 Å². The molecule has 2 unspecified atom stereocenters. The van der Waals surface area contributed by atoms with E-state index in [9.17, 15) is 43.2 Å². The first-order chi connectivity index (χ1) is 41.7. The van der Waals surface area contributed by atoms with Gasteiger partial charge in [0.25, 0.3) is 0 Å². The second kappa shape index (κ2) is 59.1. The van der Waals surface area contributed by atoms with Crippen molar-refractivity contribution >= 4 is 39.5 Å². The summed E-state index contributed by atoms with van der Waals surface area (Å²) in [6.45, 7) is 11.7. The van der Waals surface area contributed by atoms with E-state index < -0.39 is 97.5 Å². The van der Waals surface area contributed by atoms with Gasteiger partial charge in [-0.3, -0.25) is 37.3 Å². The van der Waals surface area contributed by atoms with Crippen LogP contribution in [0, 0.1) is 17.8 Å². The standard InChI is InChI=1S/C68H132O17P2/c1-8-9-10-11-12-13-14-15-16-20-23-26-35-42-49-65(70)78-55-63(84-67(72)51-44-37-27-24-21-18-17-19-22-25-32-39-46-59(2)3)57-82-86(74,75)80-53-62(69)54-81-87(76,77)83-58-64(85-68(73)52-45-38-31-29-34-41-48-61(6)7)56-79-66(71)50-43-36-30-28-33-40-47-60(4)5/h59-64,69H,8-58H2,1-7H3,(H,74,75)(H,76,77)/t62-,63-,64-/m1/s1. The van der Waals surface area contributed by atoms with Crippen molar-refractivity contribution in [3.63, 3.8) is 0 Å². The van der Waals surface area contributed by atoms with Crippen LogP contribution in [0.4, 0.5) is 0 Å². The molecule has 0 heterocycles. The van der Waals surface area contributed by atoms with E-state index >= 15 is 0 Å². The molecule has 19 heteroatoms. The Morgan fingerprint density at radius 3 is 0.782 bits per heavy atom. The molecule has 516 valence electrons. The molecule has 17 nitrogen and oxygen atoms in total. The zero-order chi connectivity index (χ0) is 64.5. The van der Waals surface area contributed by atoms with Crippen LogP contribution in [0.3, 0.4) is 0 Å². The molecule has 0 amide bonds. The molecule has 87 heavy (non-hydrogen) atoms. The number of rotatable bonds is 66. The third kappa shape index (κ3) is 62.6. The number of phosphoric ester groups is 2. The highest BCUT2D eigenvalue weighted by Gasteiger charge is 2.30. The number of hydrogen-bond acceptors (Lipinski definition) is 15. The minimum Gasteiger partial charge on any atom is -0.462 e. The molecule has 3 N–H and O–H groups in total. The average Bonchev–Trinajstić information content (AvgIpc) is 3.62. The minimum atomic E-state index is -4.95. The zero-order valence-electron chi connectivity index (χ0n) is 56.5. The summed E-state index contributed by atoms with van der Waals surface area (Å²) in [7, 11) is -9.89. The summed E-state index contributed by atoms with van der Waals surface area (Å²) < 4.78 is 68.1. The van der Waals surface area contributed by atoms with Gasteiger partial charge < -0.3 is 33.8 Å². The fourth-order valence-corrected chi connectivity index (χ4v) is 11.8. The predicted molar refractivity (Wildman–Crippen MR) is 349 cm³/mol. The molecule has 0 fully saturated rings. The Morgan fingerprint density at radius 2 is 0.529 bits per heavy atom. The van der Waals surface area contributed by atoms with Gasteiger partial charge in [-0.05, 0) is 43.4 Å². The van der Waals surface area contributed by atoms with E-state index in [4.69, 9.17) is 37.0 Å². The van der Waals surface area contributed by atoms with E-state index in [-0.39, 0.29) is 25.7 Å². The zero-order valence-corrected chi connectivity index (χ0v) is 58.3. The highest BCUT2D eigenvalue weighted by atomic mass is 31.2. The van der Waals surface area contributed by atoms with E-state index in [1.54, 1.807) is 0 Å². The molecule has 0 radical (unpaired) electrons. The van der Waals surface area contributed by atoms with Crippen LogP contribution in [-0.2, 0) is 65.4 Å². The summed E-state index contributed by atoms with van der Waals surface area (Å²) in [6, 6.07) is 0. The Bertz CT molecular complexity index is 1720. The van der Waals surface area contributed by atoms with Crippen LogP contribution in [0.15, 0.2) is 0 Å². The third-order valence-electron chi connectivity index (χ3n) is 15.6. The van der Waals surface area contributed by atoms with Crippen LogP contribution in [0.25, 0.3) is 0 Å². The Morgan fingerprint density at radius 1 is 0.310 bits per heavy atom. The highest BCUT2D eigenvalue weighted by Crippen LogP contribution is 2.45. The van der Waals surface area contributed by atoms with E-state index in [0.717, 1.165) is 102 Å². The highest BCUT2D eigenvalue weighted by molar-refractivity contribution is 7.47. The van der Waals surface area contributed by atoms with Crippen molar-refractivity contribution in [1.82, 2.24) is 0 Å². The molecule has 0 rings (SSSR count). The molecular formula is C68H132O17P2. The predicted octanol–water partition coefficient (Wildman–Crippen LogP) is 19.1.